The minimum Gasteiger partial charge on any atom is -0.299 e. The molecule has 0 spiro atoms. The van der Waals surface area contributed by atoms with Crippen molar-refractivity contribution in [1.82, 2.24) is 0 Å². The molecule has 1 aliphatic heterocycles. The van der Waals surface area contributed by atoms with Crippen LogP contribution in [0.15, 0.2) is 28.1 Å². The van der Waals surface area contributed by atoms with E-state index in [9.17, 15) is 4.79 Å². The van der Waals surface area contributed by atoms with E-state index < -0.39 is 0 Å². The lowest BCUT2D eigenvalue weighted by Crippen LogP contribution is -2.34. The smallest absolute Gasteiger partial charge is 0.142 e. The standard InChI is InChI=1S/C17H24ClNOS2/c1-5-12(19-4)15-11-9-17(2,3)10-13(20)14(11)16(22-15)21-8-6-7-18/h5,14,16H,1,6-10H2,2-4H3. The van der Waals surface area contributed by atoms with E-state index in [2.05, 4.69) is 25.4 Å². The fraction of sp³-hybridized carbons (Fsp3) is 0.647. The first-order valence-corrected chi connectivity index (χ1v) is 10.1. The van der Waals surface area contributed by atoms with Crippen LogP contribution in [0.2, 0.25) is 0 Å². The molecule has 2 unspecified atom stereocenters. The van der Waals surface area contributed by atoms with Gasteiger partial charge in [-0.25, -0.2) is 0 Å². The van der Waals surface area contributed by atoms with Crippen LogP contribution in [0.4, 0.5) is 0 Å². The number of aliphatic imine (C=N–C) groups is 1. The molecule has 1 aliphatic carbocycles. The number of rotatable bonds is 6. The topological polar surface area (TPSA) is 29.4 Å². The lowest BCUT2D eigenvalue weighted by Gasteiger charge is -2.35. The first kappa shape index (κ1) is 18.2. The van der Waals surface area contributed by atoms with Gasteiger partial charge >= 0.3 is 0 Å². The lowest BCUT2D eigenvalue weighted by molar-refractivity contribution is -0.124. The minimum absolute atomic E-state index is 0.0461. The second-order valence-corrected chi connectivity index (χ2v) is 9.61. The highest BCUT2D eigenvalue weighted by atomic mass is 35.5. The van der Waals surface area contributed by atoms with Crippen LogP contribution in [0.5, 0.6) is 0 Å². The van der Waals surface area contributed by atoms with Gasteiger partial charge in [0.25, 0.3) is 0 Å². The fourth-order valence-electron chi connectivity index (χ4n) is 3.16. The number of hydrogen-bond acceptors (Lipinski definition) is 4. The first-order chi connectivity index (χ1) is 10.4. The number of allylic oxidation sites excluding steroid dienone is 3. The van der Waals surface area contributed by atoms with Crippen LogP contribution in [0.1, 0.15) is 33.1 Å². The molecular weight excluding hydrogens is 334 g/mol. The maximum absolute atomic E-state index is 12.7. The normalized spacial score (nSPS) is 28.0. The number of nitrogens with zero attached hydrogens (tertiary/aromatic N) is 1. The molecule has 122 valence electrons. The van der Waals surface area contributed by atoms with Crippen LogP contribution >= 0.6 is 35.1 Å². The first-order valence-electron chi connectivity index (χ1n) is 7.63. The van der Waals surface area contributed by atoms with E-state index in [4.69, 9.17) is 11.6 Å². The predicted molar refractivity (Wildman–Crippen MR) is 101 cm³/mol. The lowest BCUT2D eigenvalue weighted by atomic mass is 9.70. The summed E-state index contributed by atoms with van der Waals surface area (Å²) in [7, 11) is 1.80. The summed E-state index contributed by atoms with van der Waals surface area (Å²) in [6.45, 7) is 8.25. The van der Waals surface area contributed by atoms with E-state index in [0.717, 1.165) is 24.3 Å². The quantitative estimate of drug-likeness (QED) is 0.383. The van der Waals surface area contributed by atoms with Crippen molar-refractivity contribution in [3.63, 3.8) is 0 Å². The van der Waals surface area contributed by atoms with Crippen molar-refractivity contribution in [2.45, 2.75) is 37.7 Å². The third kappa shape index (κ3) is 3.82. The van der Waals surface area contributed by atoms with Crippen LogP contribution < -0.4 is 0 Å². The Morgan fingerprint density at radius 1 is 1.55 bits per heavy atom. The van der Waals surface area contributed by atoms with Crippen molar-refractivity contribution in [2.75, 3.05) is 18.7 Å². The molecule has 22 heavy (non-hydrogen) atoms. The van der Waals surface area contributed by atoms with Crippen LogP contribution in [-0.4, -0.2) is 34.8 Å². The van der Waals surface area contributed by atoms with Gasteiger partial charge in [0.2, 0.25) is 0 Å². The Kier molecular flexibility index (Phi) is 6.26. The number of fused-ring (bicyclic) bond motifs is 1. The molecule has 0 aromatic rings. The number of Topliss-reactive ketones (excluding diaryl/α,β-unsaturated/α-hetero) is 1. The minimum atomic E-state index is 0.0461. The molecule has 0 amide bonds. The molecule has 2 aliphatic rings. The average Bonchev–Trinajstić information content (AvgIpc) is 2.78. The highest BCUT2D eigenvalue weighted by Gasteiger charge is 2.47. The van der Waals surface area contributed by atoms with Crippen molar-refractivity contribution in [1.29, 1.82) is 0 Å². The molecule has 1 saturated carbocycles. The zero-order chi connectivity index (χ0) is 16.3. The van der Waals surface area contributed by atoms with Crippen molar-refractivity contribution >= 4 is 46.6 Å². The summed E-state index contributed by atoms with van der Waals surface area (Å²) in [5.74, 6) is 2.11. The van der Waals surface area contributed by atoms with Gasteiger partial charge in [-0.15, -0.1) is 35.1 Å². The van der Waals surface area contributed by atoms with Gasteiger partial charge in [-0.05, 0) is 35.7 Å². The number of carbonyl (C=O) groups is 1. The number of hydrogen-bond donors (Lipinski definition) is 0. The summed E-state index contributed by atoms with van der Waals surface area (Å²) in [5.41, 5.74) is 2.26. The number of thioether (sulfide) groups is 2. The van der Waals surface area contributed by atoms with E-state index in [1.165, 1.54) is 10.5 Å². The number of ketones is 1. The summed E-state index contributed by atoms with van der Waals surface area (Å²) in [6, 6.07) is 0. The molecular formula is C17H24ClNOS2. The molecule has 0 N–H and O–H groups in total. The Morgan fingerprint density at radius 3 is 2.86 bits per heavy atom. The van der Waals surface area contributed by atoms with Gasteiger partial charge in [0, 0.05) is 24.3 Å². The predicted octanol–water partition coefficient (Wildman–Crippen LogP) is 4.94. The zero-order valence-electron chi connectivity index (χ0n) is 13.5. The second-order valence-electron chi connectivity index (χ2n) is 6.53. The maximum Gasteiger partial charge on any atom is 0.142 e. The van der Waals surface area contributed by atoms with E-state index >= 15 is 0 Å². The second kappa shape index (κ2) is 7.59. The van der Waals surface area contributed by atoms with Crippen molar-refractivity contribution in [3.05, 3.63) is 23.1 Å². The molecule has 2 nitrogen and oxygen atoms in total. The Balaban J connectivity index is 2.31. The van der Waals surface area contributed by atoms with Crippen molar-refractivity contribution < 1.29 is 4.79 Å². The third-order valence-electron chi connectivity index (χ3n) is 4.07. The summed E-state index contributed by atoms with van der Waals surface area (Å²) in [4.78, 5) is 18.3. The SMILES string of the molecule is C=CC(=NC)C1=C2CC(C)(C)CC(=O)C2C(SCCCCl)S1. The van der Waals surface area contributed by atoms with Crippen LogP contribution in [0.3, 0.4) is 0 Å². The van der Waals surface area contributed by atoms with E-state index in [0.29, 0.717) is 18.1 Å². The van der Waals surface area contributed by atoms with Crippen LogP contribution in [0.25, 0.3) is 0 Å². The van der Waals surface area contributed by atoms with Gasteiger partial charge < -0.3 is 0 Å². The van der Waals surface area contributed by atoms with E-state index in [-0.39, 0.29) is 15.9 Å². The summed E-state index contributed by atoms with van der Waals surface area (Å²) < 4.78 is 0.272. The molecule has 1 fully saturated rings. The fourth-order valence-corrected chi connectivity index (χ4v) is 6.68. The molecule has 0 radical (unpaired) electrons. The summed E-state index contributed by atoms with van der Waals surface area (Å²) >= 11 is 9.46. The van der Waals surface area contributed by atoms with Gasteiger partial charge in [0.1, 0.15) is 5.78 Å². The van der Waals surface area contributed by atoms with Gasteiger partial charge in [0.05, 0.1) is 16.2 Å². The molecule has 0 aromatic heterocycles. The van der Waals surface area contributed by atoms with Crippen LogP contribution in [0, 0.1) is 11.3 Å². The highest BCUT2D eigenvalue weighted by molar-refractivity contribution is 8.19. The molecule has 0 saturated heterocycles. The number of alkyl halides is 1. The third-order valence-corrected chi connectivity index (χ3v) is 7.37. The van der Waals surface area contributed by atoms with Gasteiger partial charge in [0.15, 0.2) is 0 Å². The largest absolute Gasteiger partial charge is 0.299 e. The Labute approximate surface area is 147 Å². The molecule has 2 rings (SSSR count). The number of halogens is 1. The van der Waals surface area contributed by atoms with Crippen LogP contribution in [-0.2, 0) is 4.79 Å². The van der Waals surface area contributed by atoms with E-state index in [1.54, 1.807) is 18.8 Å². The Bertz CT molecular complexity index is 525. The maximum atomic E-state index is 12.7. The highest BCUT2D eigenvalue weighted by Crippen LogP contribution is 2.55. The van der Waals surface area contributed by atoms with Gasteiger partial charge in [-0.3, -0.25) is 9.79 Å². The molecule has 0 aromatic carbocycles. The number of carbonyl (C=O) groups excluding carboxylic acids is 1. The molecule has 5 heteroatoms. The van der Waals surface area contributed by atoms with Gasteiger partial charge in [-0.1, -0.05) is 20.4 Å². The Morgan fingerprint density at radius 2 is 2.27 bits per heavy atom. The average molecular weight is 358 g/mol. The molecule has 2 atom stereocenters. The summed E-state index contributed by atoms with van der Waals surface area (Å²) in [6.07, 6.45) is 4.44. The van der Waals surface area contributed by atoms with Gasteiger partial charge in [-0.2, -0.15) is 0 Å². The van der Waals surface area contributed by atoms with Crippen molar-refractivity contribution in [3.8, 4) is 0 Å². The Hall–Kier alpha value is -0.190. The molecule has 1 heterocycles. The molecule has 0 bridgehead atoms. The monoisotopic (exact) mass is 357 g/mol. The van der Waals surface area contributed by atoms with Crippen molar-refractivity contribution in [2.24, 2.45) is 16.3 Å². The van der Waals surface area contributed by atoms with E-state index in [1.807, 2.05) is 17.8 Å². The zero-order valence-corrected chi connectivity index (χ0v) is 15.9. The summed E-state index contributed by atoms with van der Waals surface area (Å²) in [5, 5.41) is 0.